The zero-order valence-electron chi connectivity index (χ0n) is 9.24. The van der Waals surface area contributed by atoms with E-state index in [-0.39, 0.29) is 5.75 Å². The van der Waals surface area contributed by atoms with Gasteiger partial charge in [0.1, 0.15) is 12.3 Å². The summed E-state index contributed by atoms with van der Waals surface area (Å²) >= 11 is 0. The van der Waals surface area contributed by atoms with Crippen molar-refractivity contribution in [2.75, 3.05) is 13.1 Å². The molecular formula is C8H10O2. The van der Waals surface area contributed by atoms with Gasteiger partial charge < -0.3 is 9.84 Å². The highest BCUT2D eigenvalue weighted by Gasteiger charge is 1.86. The molecule has 0 radical (unpaired) electrons. The summed E-state index contributed by atoms with van der Waals surface area (Å²) in [6.07, 6.45) is 0. The number of hydrogen-bond acceptors (Lipinski definition) is 2. The second kappa shape index (κ2) is 3.90. The van der Waals surface area contributed by atoms with Crippen LogP contribution in [0, 0.1) is 0 Å². The molecule has 1 N–H and O–H groups in total. The van der Waals surface area contributed by atoms with Crippen molar-refractivity contribution in [1.82, 2.24) is 0 Å². The van der Waals surface area contributed by atoms with E-state index in [1.165, 1.54) is 12.1 Å². The summed E-state index contributed by atoms with van der Waals surface area (Å²) < 4.78 is 32.6. The fraction of sp³-hybridized carbons (Fsp3) is 0.250. The molecule has 0 aromatic heterocycles. The van der Waals surface area contributed by atoms with E-state index < -0.39 is 13.1 Å². The molecule has 0 aliphatic heterocycles. The highest BCUT2D eigenvalue weighted by Crippen LogP contribution is 2.06. The minimum absolute atomic E-state index is 0.162. The zero-order valence-corrected chi connectivity index (χ0v) is 5.24. The van der Waals surface area contributed by atoms with E-state index in [2.05, 4.69) is 4.74 Å². The Morgan fingerprint density at radius 3 is 2.70 bits per heavy atom. The quantitative estimate of drug-likeness (QED) is 0.683. The smallest absolute Gasteiger partial charge is 0.119 e. The lowest BCUT2D eigenvalue weighted by Crippen LogP contribution is -2.00. The molecule has 0 unspecified atom stereocenters. The van der Waals surface area contributed by atoms with E-state index >= 15 is 0 Å². The second-order valence-corrected chi connectivity index (χ2v) is 1.63. The molecule has 2 heteroatoms. The van der Waals surface area contributed by atoms with E-state index in [4.69, 9.17) is 10.6 Å². The van der Waals surface area contributed by atoms with Gasteiger partial charge in [0.15, 0.2) is 0 Å². The zero-order chi connectivity index (χ0) is 10.8. The van der Waals surface area contributed by atoms with E-state index in [9.17, 15) is 0 Å². The van der Waals surface area contributed by atoms with E-state index in [1.54, 1.807) is 18.2 Å². The summed E-state index contributed by atoms with van der Waals surface area (Å²) in [5.41, 5.74) is 0. The van der Waals surface area contributed by atoms with Gasteiger partial charge in [0.05, 0.1) is 12.0 Å². The molecule has 10 heavy (non-hydrogen) atoms. The van der Waals surface area contributed by atoms with Crippen LogP contribution in [0.1, 0.15) is 5.48 Å². The molecule has 2 nitrogen and oxygen atoms in total. The van der Waals surface area contributed by atoms with Crippen LogP contribution in [-0.2, 0) is 0 Å². The first kappa shape index (κ1) is 3.39. The lowest BCUT2D eigenvalue weighted by Gasteiger charge is -2.01. The third-order valence-electron chi connectivity index (χ3n) is 0.958. The maximum atomic E-state index is 8.84. The van der Waals surface area contributed by atoms with E-state index in [1.807, 2.05) is 0 Å². The van der Waals surface area contributed by atoms with Crippen molar-refractivity contribution in [2.24, 2.45) is 0 Å². The third-order valence-corrected chi connectivity index (χ3v) is 0.958. The molecule has 1 rings (SSSR count). The van der Waals surface area contributed by atoms with Crippen LogP contribution in [-0.4, -0.2) is 18.2 Å². The summed E-state index contributed by atoms with van der Waals surface area (Å²) in [5, 5.41) is 8.84. The number of ether oxygens (including phenoxy) is 1. The van der Waals surface area contributed by atoms with Gasteiger partial charge >= 0.3 is 0 Å². The molecule has 0 amide bonds. The molecular weight excluding hydrogens is 128 g/mol. The van der Waals surface area contributed by atoms with Crippen molar-refractivity contribution in [3.8, 4) is 5.75 Å². The normalized spacial score (nSPS) is 18.1. The van der Waals surface area contributed by atoms with Crippen LogP contribution in [0.15, 0.2) is 30.3 Å². The first-order chi connectivity index (χ1) is 6.33. The molecule has 1 aromatic rings. The van der Waals surface area contributed by atoms with Gasteiger partial charge in [-0.05, 0) is 12.1 Å². The Bertz CT molecular complexity index is 294. The maximum Gasteiger partial charge on any atom is 0.119 e. The summed E-state index contributed by atoms with van der Waals surface area (Å²) in [6.45, 7) is -5.81. The minimum atomic E-state index is -3.04. The molecule has 0 saturated heterocycles. The summed E-state index contributed by atoms with van der Waals surface area (Å²) in [6, 6.07) is 7.92. The van der Waals surface area contributed by atoms with Gasteiger partial charge in [-0.3, -0.25) is 0 Å². The standard InChI is InChI=1S/C8H10O2/c9-6-7-10-8-4-2-1-3-5-8/h1-5,9H,6-7H2/i6D2,7D2. The first-order valence-electron chi connectivity index (χ1n) is 4.79. The monoisotopic (exact) mass is 142 g/mol. The van der Waals surface area contributed by atoms with Crippen LogP contribution in [0.4, 0.5) is 0 Å². The molecule has 1 aromatic carbocycles. The van der Waals surface area contributed by atoms with Crippen molar-refractivity contribution in [2.45, 2.75) is 0 Å². The predicted molar refractivity (Wildman–Crippen MR) is 39.0 cm³/mol. The van der Waals surface area contributed by atoms with Crippen molar-refractivity contribution in [1.29, 1.82) is 0 Å². The van der Waals surface area contributed by atoms with E-state index in [0.29, 0.717) is 0 Å². The van der Waals surface area contributed by atoms with Gasteiger partial charge in [-0.15, -0.1) is 0 Å². The summed E-state index contributed by atoms with van der Waals surface area (Å²) in [4.78, 5) is 0. The van der Waals surface area contributed by atoms with Gasteiger partial charge in [-0.2, -0.15) is 0 Å². The summed E-state index contributed by atoms with van der Waals surface area (Å²) in [5.74, 6) is 0.162. The van der Waals surface area contributed by atoms with E-state index in [0.717, 1.165) is 0 Å². The Morgan fingerprint density at radius 2 is 2.10 bits per heavy atom. The van der Waals surface area contributed by atoms with Crippen LogP contribution in [0.3, 0.4) is 0 Å². The molecule has 0 atom stereocenters. The number of para-hydroxylation sites is 1. The average Bonchev–Trinajstić information content (AvgIpc) is 2.03. The van der Waals surface area contributed by atoms with Crippen LogP contribution >= 0.6 is 0 Å². The maximum absolute atomic E-state index is 8.84. The van der Waals surface area contributed by atoms with Gasteiger partial charge in [0.25, 0.3) is 0 Å². The van der Waals surface area contributed by atoms with Crippen molar-refractivity contribution in [3.05, 3.63) is 30.3 Å². The molecule has 0 heterocycles. The van der Waals surface area contributed by atoms with Crippen molar-refractivity contribution in [3.63, 3.8) is 0 Å². The van der Waals surface area contributed by atoms with Gasteiger partial charge in [0.2, 0.25) is 0 Å². The number of hydrogen-bond donors (Lipinski definition) is 1. The Morgan fingerprint density at radius 1 is 1.40 bits per heavy atom. The SMILES string of the molecule is [2H]C([2H])(O)C([2H])([2H])Oc1ccccc1. The molecule has 0 bridgehead atoms. The Kier molecular flexibility index (Phi) is 1.32. The fourth-order valence-electron chi connectivity index (χ4n) is 0.570. The molecule has 0 aliphatic carbocycles. The first-order valence-corrected chi connectivity index (χ1v) is 2.79. The Labute approximate surface area is 65.7 Å². The second-order valence-electron chi connectivity index (χ2n) is 1.63. The lowest BCUT2D eigenvalue weighted by molar-refractivity contribution is 0.201. The van der Waals surface area contributed by atoms with Crippen LogP contribution < -0.4 is 4.74 Å². The highest BCUT2D eigenvalue weighted by molar-refractivity contribution is 5.20. The predicted octanol–water partition coefficient (Wildman–Crippen LogP) is 1.06. The molecule has 0 spiro atoms. The van der Waals surface area contributed by atoms with Crippen molar-refractivity contribution < 1.29 is 15.3 Å². The van der Waals surface area contributed by atoms with Gasteiger partial charge in [-0.1, -0.05) is 18.2 Å². The Balaban J connectivity index is 2.79. The van der Waals surface area contributed by atoms with Crippen LogP contribution in [0.2, 0.25) is 0 Å². The van der Waals surface area contributed by atoms with Crippen molar-refractivity contribution >= 4 is 0 Å². The van der Waals surface area contributed by atoms with Crippen LogP contribution in [0.25, 0.3) is 0 Å². The highest BCUT2D eigenvalue weighted by atomic mass is 16.5. The topological polar surface area (TPSA) is 29.5 Å². The number of benzene rings is 1. The largest absolute Gasteiger partial charge is 0.491 e. The molecule has 0 fully saturated rings. The third kappa shape index (κ3) is 2.07. The van der Waals surface area contributed by atoms with Crippen LogP contribution in [0.5, 0.6) is 5.75 Å². The Hall–Kier alpha value is -1.02. The molecule has 0 aliphatic rings. The lowest BCUT2D eigenvalue weighted by atomic mass is 10.3. The summed E-state index contributed by atoms with van der Waals surface area (Å²) in [7, 11) is 0. The fourth-order valence-corrected chi connectivity index (χ4v) is 0.570. The van der Waals surface area contributed by atoms with Gasteiger partial charge in [0, 0.05) is 0 Å². The minimum Gasteiger partial charge on any atom is -0.491 e. The molecule has 0 saturated carbocycles. The average molecular weight is 142 g/mol. The van der Waals surface area contributed by atoms with Gasteiger partial charge in [-0.25, -0.2) is 0 Å². The number of rotatable bonds is 3. The molecule has 54 valence electrons. The number of aliphatic hydroxyl groups is 1.